The summed E-state index contributed by atoms with van der Waals surface area (Å²) in [5.74, 6) is 1.02. The van der Waals surface area contributed by atoms with Crippen LogP contribution >= 0.6 is 22.6 Å². The van der Waals surface area contributed by atoms with Crippen LogP contribution < -0.4 is 0 Å². The summed E-state index contributed by atoms with van der Waals surface area (Å²) in [6.45, 7) is 0.158. The zero-order chi connectivity index (χ0) is 9.52. The van der Waals surface area contributed by atoms with Gasteiger partial charge in [-0.2, -0.15) is 0 Å². The third-order valence-electron chi connectivity index (χ3n) is 1.57. The molecule has 0 aromatic heterocycles. The number of aliphatic hydroxyl groups excluding tert-OH is 1. The van der Waals surface area contributed by atoms with Gasteiger partial charge in [0.2, 0.25) is 0 Å². The normalized spacial score (nSPS) is 22.7. The molecule has 2 aliphatic carbocycles. The number of hydrogen-bond acceptors (Lipinski definition) is 1. The number of rotatable bonds is 1. The maximum Gasteiger partial charge on any atom is 2.00 e. The SMILES string of the molecule is OC[C]1[CH][CH][CH][C]1I.[CH]1[CH][CH][CH][CH]1.[Fe+2]. The van der Waals surface area contributed by atoms with E-state index in [2.05, 4.69) is 22.6 Å². The van der Waals surface area contributed by atoms with Crippen LogP contribution in [0.1, 0.15) is 0 Å². The first kappa shape index (κ1) is 15.2. The van der Waals surface area contributed by atoms with E-state index >= 15 is 0 Å². The van der Waals surface area contributed by atoms with E-state index < -0.39 is 0 Å². The number of hydrogen-bond donors (Lipinski definition) is 1. The Morgan fingerprint density at radius 3 is 1.64 bits per heavy atom. The van der Waals surface area contributed by atoms with E-state index in [1.54, 1.807) is 0 Å². The van der Waals surface area contributed by atoms with Crippen molar-refractivity contribution in [2.75, 3.05) is 6.61 Å². The van der Waals surface area contributed by atoms with Gasteiger partial charge in [0.1, 0.15) is 0 Å². The van der Waals surface area contributed by atoms with E-state index in [4.69, 9.17) is 5.11 Å². The Hall–Kier alpha value is 1.21. The molecule has 0 unspecified atom stereocenters. The van der Waals surface area contributed by atoms with E-state index in [9.17, 15) is 0 Å². The van der Waals surface area contributed by atoms with Crippen molar-refractivity contribution >= 4 is 22.6 Å². The monoisotopic (exact) mass is 342 g/mol. The largest absolute Gasteiger partial charge is 2.00 e. The molecule has 74 valence electrons. The summed E-state index contributed by atoms with van der Waals surface area (Å²) < 4.78 is 1.14. The standard InChI is InChI=1S/C6H6IO.C5H5.Fe/c7-6-3-1-2-5(6)4-8;1-2-4-5-3-1;/h1-3,8H,4H2;1-5H;/q;;+2. The first-order valence-electron chi connectivity index (χ1n) is 4.02. The fourth-order valence-electron chi connectivity index (χ4n) is 0.884. The van der Waals surface area contributed by atoms with Gasteiger partial charge in [-0.25, -0.2) is 0 Å². The molecule has 2 aliphatic rings. The Morgan fingerprint density at radius 1 is 0.929 bits per heavy atom. The molecule has 0 amide bonds. The molecule has 0 heterocycles. The number of halogens is 1. The third-order valence-corrected chi connectivity index (χ3v) is 2.63. The van der Waals surface area contributed by atoms with Gasteiger partial charge in [0, 0.05) is 9.84 Å². The molecule has 0 spiro atoms. The molecule has 0 aromatic rings. The van der Waals surface area contributed by atoms with Crippen molar-refractivity contribution < 1.29 is 22.2 Å². The van der Waals surface area contributed by atoms with Crippen LogP contribution in [-0.4, -0.2) is 11.7 Å². The summed E-state index contributed by atoms with van der Waals surface area (Å²) in [4.78, 5) is 0. The second-order valence-electron chi connectivity index (χ2n) is 2.52. The van der Waals surface area contributed by atoms with Crippen LogP contribution in [0.25, 0.3) is 0 Å². The molecule has 0 saturated heterocycles. The molecule has 1 nitrogen and oxygen atoms in total. The first-order valence-corrected chi connectivity index (χ1v) is 5.10. The van der Waals surface area contributed by atoms with Crippen LogP contribution in [0.5, 0.6) is 0 Å². The second-order valence-corrected chi connectivity index (χ2v) is 3.68. The van der Waals surface area contributed by atoms with E-state index in [1.165, 1.54) is 0 Å². The van der Waals surface area contributed by atoms with Crippen molar-refractivity contribution in [3.8, 4) is 0 Å². The molecule has 10 radical (unpaired) electrons. The predicted molar refractivity (Wildman–Crippen MR) is 62.0 cm³/mol. The molecule has 0 aliphatic heterocycles. The summed E-state index contributed by atoms with van der Waals surface area (Å²) in [6.07, 6.45) is 15.8. The second kappa shape index (κ2) is 9.44. The van der Waals surface area contributed by atoms with Crippen molar-refractivity contribution in [2.24, 2.45) is 0 Å². The van der Waals surface area contributed by atoms with Gasteiger partial charge in [-0.1, -0.05) is 22.6 Å². The van der Waals surface area contributed by atoms with Crippen molar-refractivity contribution in [2.45, 2.75) is 0 Å². The smallest absolute Gasteiger partial charge is 0.396 e. The van der Waals surface area contributed by atoms with Gasteiger partial charge < -0.3 is 5.11 Å². The van der Waals surface area contributed by atoms with Gasteiger partial charge in [-0.05, 0) is 51.4 Å². The molecule has 0 aromatic carbocycles. The van der Waals surface area contributed by atoms with Crippen LogP contribution in [0.15, 0.2) is 0 Å². The summed E-state index contributed by atoms with van der Waals surface area (Å²) in [5.41, 5.74) is 0. The Balaban J connectivity index is 0.000000246. The van der Waals surface area contributed by atoms with E-state index in [-0.39, 0.29) is 23.7 Å². The minimum Gasteiger partial charge on any atom is -0.396 e. The Morgan fingerprint density at radius 2 is 1.43 bits per heavy atom. The molecule has 1 N–H and O–H groups in total. The first-order chi connectivity index (χ1) is 6.34. The minimum atomic E-state index is 0. The molecular formula is C11H11FeIO+2. The Bertz CT molecular complexity index is 121. The topological polar surface area (TPSA) is 20.2 Å². The third kappa shape index (κ3) is 5.94. The molecule has 2 fully saturated rings. The van der Waals surface area contributed by atoms with Crippen molar-refractivity contribution in [1.82, 2.24) is 0 Å². The zero-order valence-corrected chi connectivity index (χ0v) is 10.8. The van der Waals surface area contributed by atoms with Gasteiger partial charge in [-0.3, -0.25) is 0 Å². The van der Waals surface area contributed by atoms with E-state index in [0.717, 1.165) is 9.84 Å². The average Bonchev–Trinajstić information content (AvgIpc) is 2.76. The number of aliphatic hydroxyl groups is 1. The fraction of sp³-hybridized carbons (Fsp3) is 0.0909. The average molecular weight is 342 g/mol. The molecule has 3 heteroatoms. The summed E-state index contributed by atoms with van der Waals surface area (Å²) in [6, 6.07) is 0. The summed E-state index contributed by atoms with van der Waals surface area (Å²) in [7, 11) is 0. The molecule has 0 atom stereocenters. The maximum atomic E-state index is 8.60. The van der Waals surface area contributed by atoms with Crippen LogP contribution in [-0.2, 0) is 17.1 Å². The molecule has 0 bridgehead atoms. The van der Waals surface area contributed by atoms with E-state index in [1.807, 2.05) is 51.4 Å². The minimum absolute atomic E-state index is 0. The van der Waals surface area contributed by atoms with Crippen molar-refractivity contribution in [3.63, 3.8) is 0 Å². The molecule has 2 saturated carbocycles. The fourth-order valence-corrected chi connectivity index (χ4v) is 1.44. The predicted octanol–water partition coefficient (Wildman–Crippen LogP) is 2.17. The van der Waals surface area contributed by atoms with Gasteiger partial charge in [-0.15, -0.1) is 0 Å². The molecule has 2 rings (SSSR count). The van der Waals surface area contributed by atoms with Gasteiger partial charge >= 0.3 is 17.1 Å². The van der Waals surface area contributed by atoms with Gasteiger partial charge in [0.05, 0.1) is 6.61 Å². The van der Waals surface area contributed by atoms with Crippen molar-refractivity contribution in [1.29, 1.82) is 0 Å². The van der Waals surface area contributed by atoms with Gasteiger partial charge in [0.25, 0.3) is 0 Å². The van der Waals surface area contributed by atoms with Crippen molar-refractivity contribution in [3.05, 3.63) is 61.2 Å². The quantitative estimate of drug-likeness (QED) is 0.572. The zero-order valence-electron chi connectivity index (χ0n) is 7.50. The van der Waals surface area contributed by atoms with E-state index in [0.29, 0.717) is 0 Å². The molecular weight excluding hydrogens is 331 g/mol. The maximum absolute atomic E-state index is 8.60. The van der Waals surface area contributed by atoms with Crippen LogP contribution in [0, 0.1) is 61.2 Å². The van der Waals surface area contributed by atoms with Crippen LogP contribution in [0.4, 0.5) is 0 Å². The Labute approximate surface area is 112 Å². The molecule has 14 heavy (non-hydrogen) atoms. The van der Waals surface area contributed by atoms with Crippen LogP contribution in [0.3, 0.4) is 0 Å². The Kier molecular flexibility index (Phi) is 10.3. The summed E-state index contributed by atoms with van der Waals surface area (Å²) in [5, 5.41) is 8.60. The van der Waals surface area contributed by atoms with Crippen LogP contribution in [0.2, 0.25) is 0 Å². The summed E-state index contributed by atoms with van der Waals surface area (Å²) >= 11 is 2.20. The van der Waals surface area contributed by atoms with Gasteiger partial charge in [0.15, 0.2) is 0 Å².